The molecule has 0 saturated heterocycles. The summed E-state index contributed by atoms with van der Waals surface area (Å²) in [6, 6.07) is 16.3. The van der Waals surface area contributed by atoms with Crippen LogP contribution in [-0.4, -0.2) is 68.3 Å². The first-order valence-electron chi connectivity index (χ1n) is 12.3. The Morgan fingerprint density at radius 1 is 1.06 bits per heavy atom. The van der Waals surface area contributed by atoms with E-state index in [0.717, 1.165) is 46.6 Å². The molecule has 0 amide bonds. The van der Waals surface area contributed by atoms with Crippen molar-refractivity contribution in [1.29, 1.82) is 0 Å². The van der Waals surface area contributed by atoms with Crippen molar-refractivity contribution < 1.29 is 9.53 Å². The van der Waals surface area contributed by atoms with Gasteiger partial charge >= 0.3 is 5.97 Å². The summed E-state index contributed by atoms with van der Waals surface area (Å²) in [6.45, 7) is 5.71. The fraction of sp³-hybridized carbons (Fsp3) is 0.370. The molecule has 0 saturated carbocycles. The van der Waals surface area contributed by atoms with E-state index in [-0.39, 0.29) is 5.97 Å². The van der Waals surface area contributed by atoms with Crippen LogP contribution in [0.4, 0.5) is 0 Å². The molecule has 0 aliphatic carbocycles. The molecular formula is C27H33N7O2. The van der Waals surface area contributed by atoms with Gasteiger partial charge in [0.25, 0.3) is 0 Å². The van der Waals surface area contributed by atoms with Crippen LogP contribution in [0.3, 0.4) is 0 Å². The minimum Gasteiger partial charge on any atom is -0.460 e. The third-order valence-corrected chi connectivity index (χ3v) is 6.01. The summed E-state index contributed by atoms with van der Waals surface area (Å²) in [5.74, 6) is 1.16. The maximum absolute atomic E-state index is 13.1. The predicted octanol–water partition coefficient (Wildman–Crippen LogP) is 4.01. The quantitative estimate of drug-likeness (QED) is 0.319. The molecule has 0 radical (unpaired) electrons. The lowest BCUT2D eigenvalue weighted by Crippen LogP contribution is -2.22. The first-order chi connectivity index (χ1) is 17.5. The summed E-state index contributed by atoms with van der Waals surface area (Å²) in [5, 5.41) is 14.5. The van der Waals surface area contributed by atoms with Crippen molar-refractivity contribution in [1.82, 2.24) is 35.1 Å². The molecule has 9 heteroatoms. The van der Waals surface area contributed by atoms with Gasteiger partial charge in [-0.05, 0) is 48.8 Å². The number of hydrogen-bond acceptors (Lipinski definition) is 7. The lowest BCUT2D eigenvalue weighted by atomic mass is 9.98. The maximum Gasteiger partial charge on any atom is 0.356 e. The number of carbonyl (C=O) groups is 1. The Morgan fingerprint density at radius 2 is 1.81 bits per heavy atom. The number of aromatic amines is 1. The third-order valence-electron chi connectivity index (χ3n) is 6.01. The Bertz CT molecular complexity index is 1280. The van der Waals surface area contributed by atoms with Gasteiger partial charge in [0, 0.05) is 25.1 Å². The van der Waals surface area contributed by atoms with Crippen LogP contribution in [0.25, 0.3) is 22.5 Å². The van der Waals surface area contributed by atoms with E-state index in [0.29, 0.717) is 37.6 Å². The number of likely N-dealkylation sites (N-methyl/N-ethyl adjacent to an activating group) is 1. The van der Waals surface area contributed by atoms with E-state index in [4.69, 9.17) is 9.72 Å². The summed E-state index contributed by atoms with van der Waals surface area (Å²) >= 11 is 0. The summed E-state index contributed by atoms with van der Waals surface area (Å²) < 4.78 is 7.65. The number of carbonyl (C=O) groups excluding carboxylic acids is 1. The molecule has 188 valence electrons. The van der Waals surface area contributed by atoms with Gasteiger partial charge in [0.15, 0.2) is 5.69 Å². The van der Waals surface area contributed by atoms with E-state index in [1.807, 2.05) is 54.8 Å². The minimum atomic E-state index is -0.311. The van der Waals surface area contributed by atoms with Gasteiger partial charge in [-0.25, -0.2) is 9.78 Å². The summed E-state index contributed by atoms with van der Waals surface area (Å²) in [7, 11) is 3.92. The molecule has 2 aromatic carbocycles. The van der Waals surface area contributed by atoms with E-state index in [1.165, 1.54) is 0 Å². The minimum absolute atomic E-state index is 0.311. The molecule has 0 aliphatic rings. The standard InChI is InChI=1S/C27H33N7O2/c1-5-9-24-28-23(6-2)25(27(35)36-17-16-33(3)4)34(24)18-19-12-14-20(15-13-19)21-10-7-8-11-22(21)26-29-31-32-30-26/h7-8,10-15H,5-6,9,16-18H2,1-4H3,(H,29,30,31,32). The molecule has 0 spiro atoms. The van der Waals surface area contributed by atoms with Gasteiger partial charge in [-0.3, -0.25) is 0 Å². The molecule has 0 fully saturated rings. The Labute approximate surface area is 211 Å². The van der Waals surface area contributed by atoms with Crippen LogP contribution in [0, 0.1) is 0 Å². The zero-order valence-electron chi connectivity index (χ0n) is 21.4. The zero-order chi connectivity index (χ0) is 25.5. The number of ether oxygens (including phenoxy) is 1. The van der Waals surface area contributed by atoms with Gasteiger partial charge < -0.3 is 14.2 Å². The highest BCUT2D eigenvalue weighted by Crippen LogP contribution is 2.30. The number of nitrogens with zero attached hydrogens (tertiary/aromatic N) is 6. The van der Waals surface area contributed by atoms with Crippen molar-refractivity contribution in [3.05, 3.63) is 71.3 Å². The van der Waals surface area contributed by atoms with Gasteiger partial charge in [0.05, 0.1) is 5.69 Å². The highest BCUT2D eigenvalue weighted by Gasteiger charge is 2.23. The molecule has 1 N–H and O–H groups in total. The molecule has 0 aliphatic heterocycles. The topological polar surface area (TPSA) is 102 Å². The second kappa shape index (κ2) is 11.7. The fourth-order valence-electron chi connectivity index (χ4n) is 4.18. The van der Waals surface area contributed by atoms with Crippen LogP contribution in [0.15, 0.2) is 48.5 Å². The third kappa shape index (κ3) is 5.68. The smallest absolute Gasteiger partial charge is 0.356 e. The molecular weight excluding hydrogens is 454 g/mol. The Kier molecular flexibility index (Phi) is 8.22. The average Bonchev–Trinajstić information content (AvgIpc) is 3.53. The molecule has 0 atom stereocenters. The zero-order valence-corrected chi connectivity index (χ0v) is 21.4. The van der Waals surface area contributed by atoms with Crippen molar-refractivity contribution in [2.45, 2.75) is 39.7 Å². The number of hydrogen-bond donors (Lipinski definition) is 1. The second-order valence-corrected chi connectivity index (χ2v) is 8.93. The van der Waals surface area contributed by atoms with E-state index in [1.54, 1.807) is 0 Å². The van der Waals surface area contributed by atoms with Gasteiger partial charge in [0.1, 0.15) is 12.4 Å². The number of aryl methyl sites for hydroxylation is 2. The molecule has 4 aromatic rings. The maximum atomic E-state index is 13.1. The van der Waals surface area contributed by atoms with Crippen molar-refractivity contribution >= 4 is 5.97 Å². The lowest BCUT2D eigenvalue weighted by Gasteiger charge is -2.14. The van der Waals surface area contributed by atoms with E-state index < -0.39 is 0 Å². The first-order valence-corrected chi connectivity index (χ1v) is 12.3. The molecule has 9 nitrogen and oxygen atoms in total. The van der Waals surface area contributed by atoms with Gasteiger partial charge in [-0.1, -0.05) is 62.4 Å². The predicted molar refractivity (Wildman–Crippen MR) is 139 cm³/mol. The number of aromatic nitrogens is 6. The summed E-state index contributed by atoms with van der Waals surface area (Å²) in [4.78, 5) is 19.9. The fourth-order valence-corrected chi connectivity index (χ4v) is 4.18. The Balaban J connectivity index is 1.62. The van der Waals surface area contributed by atoms with E-state index in [9.17, 15) is 4.79 Å². The van der Waals surface area contributed by atoms with E-state index in [2.05, 4.69) is 51.8 Å². The summed E-state index contributed by atoms with van der Waals surface area (Å²) in [6.07, 6.45) is 2.42. The summed E-state index contributed by atoms with van der Waals surface area (Å²) in [5.41, 5.74) is 5.42. The van der Waals surface area contributed by atoms with E-state index >= 15 is 0 Å². The number of nitrogens with one attached hydrogen (secondary N) is 1. The van der Waals surface area contributed by atoms with Gasteiger partial charge in [0.2, 0.25) is 5.82 Å². The number of H-pyrrole nitrogens is 1. The number of benzene rings is 2. The molecule has 0 bridgehead atoms. The monoisotopic (exact) mass is 487 g/mol. The highest BCUT2D eigenvalue weighted by atomic mass is 16.5. The van der Waals surface area contributed by atoms with Crippen LogP contribution < -0.4 is 0 Å². The normalized spacial score (nSPS) is 11.2. The van der Waals surface area contributed by atoms with Crippen molar-refractivity contribution in [3.8, 4) is 22.5 Å². The lowest BCUT2D eigenvalue weighted by molar-refractivity contribution is 0.0468. The van der Waals surface area contributed by atoms with Crippen LogP contribution in [0.1, 0.15) is 47.8 Å². The SMILES string of the molecule is CCCc1nc(CC)c(C(=O)OCCN(C)C)n1Cc1ccc(-c2ccccc2-c2nn[nH]n2)cc1. The van der Waals surface area contributed by atoms with Crippen molar-refractivity contribution in [3.63, 3.8) is 0 Å². The Hall–Kier alpha value is -3.85. The van der Waals surface area contributed by atoms with Crippen LogP contribution in [0.5, 0.6) is 0 Å². The molecule has 2 aromatic heterocycles. The number of esters is 1. The van der Waals surface area contributed by atoms with Crippen molar-refractivity contribution in [2.75, 3.05) is 27.2 Å². The Morgan fingerprint density at radius 3 is 2.44 bits per heavy atom. The number of rotatable bonds is 11. The molecule has 2 heterocycles. The first kappa shape index (κ1) is 25.2. The second-order valence-electron chi connectivity index (χ2n) is 8.93. The molecule has 0 unspecified atom stereocenters. The average molecular weight is 488 g/mol. The number of imidazole rings is 1. The van der Waals surface area contributed by atoms with Crippen LogP contribution in [0.2, 0.25) is 0 Å². The largest absolute Gasteiger partial charge is 0.460 e. The molecule has 36 heavy (non-hydrogen) atoms. The van der Waals surface area contributed by atoms with Gasteiger partial charge in [-0.2, -0.15) is 5.21 Å². The van der Waals surface area contributed by atoms with Crippen LogP contribution >= 0.6 is 0 Å². The van der Waals surface area contributed by atoms with Gasteiger partial charge in [-0.15, -0.1) is 10.2 Å². The number of tetrazole rings is 1. The molecule has 4 rings (SSSR count). The highest BCUT2D eigenvalue weighted by molar-refractivity contribution is 5.89. The van der Waals surface area contributed by atoms with Crippen molar-refractivity contribution in [2.24, 2.45) is 0 Å². The van der Waals surface area contributed by atoms with Crippen LogP contribution in [-0.2, 0) is 24.1 Å².